The van der Waals surface area contributed by atoms with Crippen molar-refractivity contribution in [1.82, 2.24) is 20.0 Å². The summed E-state index contributed by atoms with van der Waals surface area (Å²) in [6, 6.07) is 0.960. The largest absolute Gasteiger partial charge is 0.315 e. The standard InChI is InChI=1S/C15H27ClN4S/c1-5-11-15(16)13(20(6-2)18-11)9-12(17-3)14-10-21-8-7-19(14)4/h12,14,17H,5-10H2,1-4H3. The number of thioether (sulfide) groups is 1. The van der Waals surface area contributed by atoms with E-state index in [0.717, 1.165) is 36.6 Å². The lowest BCUT2D eigenvalue weighted by Gasteiger charge is -2.37. The molecule has 0 aliphatic carbocycles. The lowest BCUT2D eigenvalue weighted by atomic mass is 10.0. The highest BCUT2D eigenvalue weighted by Gasteiger charge is 2.29. The first-order chi connectivity index (χ1) is 10.1. The third kappa shape index (κ3) is 3.76. The highest BCUT2D eigenvalue weighted by atomic mass is 35.5. The molecule has 1 aliphatic heterocycles. The maximum Gasteiger partial charge on any atom is 0.0850 e. The first-order valence-electron chi connectivity index (χ1n) is 7.81. The fourth-order valence-corrected chi connectivity index (χ4v) is 4.64. The second-order valence-corrected chi connectivity index (χ2v) is 7.13. The molecule has 0 amide bonds. The van der Waals surface area contributed by atoms with Gasteiger partial charge in [-0.25, -0.2) is 0 Å². The molecule has 1 saturated heterocycles. The monoisotopic (exact) mass is 330 g/mol. The quantitative estimate of drug-likeness (QED) is 0.867. The summed E-state index contributed by atoms with van der Waals surface area (Å²) in [5.41, 5.74) is 2.20. The van der Waals surface area contributed by atoms with Crippen molar-refractivity contribution in [3.05, 3.63) is 16.4 Å². The maximum atomic E-state index is 6.55. The molecule has 0 aromatic carbocycles. The van der Waals surface area contributed by atoms with Crippen LogP contribution in [0.4, 0.5) is 0 Å². The smallest absolute Gasteiger partial charge is 0.0850 e. The second kappa shape index (κ2) is 7.86. The van der Waals surface area contributed by atoms with Crippen LogP contribution in [0.15, 0.2) is 0 Å². The highest BCUT2D eigenvalue weighted by molar-refractivity contribution is 7.99. The number of aryl methyl sites for hydroxylation is 2. The Bertz CT molecular complexity index is 463. The molecule has 2 atom stereocenters. The predicted molar refractivity (Wildman–Crippen MR) is 92.6 cm³/mol. The molecule has 1 fully saturated rings. The minimum absolute atomic E-state index is 0.409. The molecule has 6 heteroatoms. The van der Waals surface area contributed by atoms with Crippen LogP contribution in [0.25, 0.3) is 0 Å². The number of hydrogen-bond acceptors (Lipinski definition) is 4. The Hall–Kier alpha value is -0.230. The van der Waals surface area contributed by atoms with Gasteiger partial charge in [0.2, 0.25) is 0 Å². The summed E-state index contributed by atoms with van der Waals surface area (Å²) in [5.74, 6) is 2.41. The van der Waals surface area contributed by atoms with E-state index in [1.54, 1.807) is 0 Å². The van der Waals surface area contributed by atoms with Crippen LogP contribution in [0, 0.1) is 0 Å². The van der Waals surface area contributed by atoms with Crippen LogP contribution in [-0.2, 0) is 19.4 Å². The van der Waals surface area contributed by atoms with E-state index in [4.69, 9.17) is 11.6 Å². The van der Waals surface area contributed by atoms with E-state index in [1.165, 1.54) is 17.2 Å². The number of nitrogens with one attached hydrogen (secondary N) is 1. The summed E-state index contributed by atoms with van der Waals surface area (Å²) in [7, 11) is 4.28. The van der Waals surface area contributed by atoms with Gasteiger partial charge in [-0.1, -0.05) is 18.5 Å². The van der Waals surface area contributed by atoms with E-state index >= 15 is 0 Å². The summed E-state index contributed by atoms with van der Waals surface area (Å²) >= 11 is 8.60. The molecule has 120 valence electrons. The molecule has 0 saturated carbocycles. The number of nitrogens with zero attached hydrogens (tertiary/aromatic N) is 3. The summed E-state index contributed by atoms with van der Waals surface area (Å²) in [6.45, 7) is 6.28. The van der Waals surface area contributed by atoms with Gasteiger partial charge in [-0.2, -0.15) is 16.9 Å². The van der Waals surface area contributed by atoms with Crippen molar-refractivity contribution in [2.24, 2.45) is 0 Å². The first-order valence-corrected chi connectivity index (χ1v) is 9.34. The van der Waals surface area contributed by atoms with Gasteiger partial charge in [-0.05, 0) is 27.4 Å². The maximum absolute atomic E-state index is 6.55. The molecule has 0 bridgehead atoms. The number of aromatic nitrogens is 2. The second-order valence-electron chi connectivity index (χ2n) is 5.60. The molecular weight excluding hydrogens is 304 g/mol. The van der Waals surface area contributed by atoms with Crippen LogP contribution >= 0.6 is 23.4 Å². The normalized spacial score (nSPS) is 21.7. The summed E-state index contributed by atoms with van der Waals surface area (Å²) in [4.78, 5) is 2.47. The van der Waals surface area contributed by atoms with Crippen molar-refractivity contribution in [3.63, 3.8) is 0 Å². The summed E-state index contributed by atoms with van der Waals surface area (Å²) in [5, 5.41) is 9.00. The molecule has 0 spiro atoms. The summed E-state index contributed by atoms with van der Waals surface area (Å²) < 4.78 is 2.07. The number of halogens is 1. The molecule has 2 unspecified atom stereocenters. The molecule has 2 rings (SSSR count). The van der Waals surface area contributed by atoms with E-state index in [2.05, 4.69) is 47.9 Å². The van der Waals surface area contributed by atoms with Crippen LogP contribution in [0.2, 0.25) is 5.02 Å². The zero-order valence-electron chi connectivity index (χ0n) is 13.5. The SMILES string of the molecule is CCc1nn(CC)c(CC(NC)C2CSCCN2C)c1Cl. The van der Waals surface area contributed by atoms with Crippen molar-refractivity contribution in [2.45, 2.75) is 45.3 Å². The topological polar surface area (TPSA) is 33.1 Å². The third-order valence-corrected chi connectivity index (χ3v) is 5.87. The van der Waals surface area contributed by atoms with Crippen molar-refractivity contribution in [2.75, 3.05) is 32.1 Å². The van der Waals surface area contributed by atoms with Crippen molar-refractivity contribution in [3.8, 4) is 0 Å². The number of hydrogen-bond donors (Lipinski definition) is 1. The Morgan fingerprint density at radius 1 is 1.48 bits per heavy atom. The van der Waals surface area contributed by atoms with E-state index in [9.17, 15) is 0 Å². The first kappa shape index (κ1) is 17.1. The minimum Gasteiger partial charge on any atom is -0.315 e. The predicted octanol–water partition coefficient (Wildman–Crippen LogP) is 2.30. The summed E-state index contributed by atoms with van der Waals surface area (Å²) in [6.07, 6.45) is 1.83. The van der Waals surface area contributed by atoms with Crippen LogP contribution in [0.1, 0.15) is 25.2 Å². The highest BCUT2D eigenvalue weighted by Crippen LogP contribution is 2.25. The van der Waals surface area contributed by atoms with Gasteiger partial charge < -0.3 is 10.2 Å². The molecule has 1 aromatic heterocycles. The van der Waals surface area contributed by atoms with Crippen LogP contribution in [-0.4, -0.2) is 58.9 Å². The van der Waals surface area contributed by atoms with Gasteiger partial charge in [-0.15, -0.1) is 0 Å². The zero-order valence-corrected chi connectivity index (χ0v) is 15.1. The van der Waals surface area contributed by atoms with Crippen LogP contribution in [0.3, 0.4) is 0 Å². The Kier molecular flexibility index (Phi) is 6.41. The van der Waals surface area contributed by atoms with Gasteiger partial charge in [0.1, 0.15) is 0 Å². The van der Waals surface area contributed by atoms with Gasteiger partial charge >= 0.3 is 0 Å². The number of rotatable bonds is 6. The lowest BCUT2D eigenvalue weighted by molar-refractivity contribution is 0.217. The fraction of sp³-hybridized carbons (Fsp3) is 0.800. The molecule has 1 N–H and O–H groups in total. The zero-order chi connectivity index (χ0) is 15.4. The number of likely N-dealkylation sites (N-methyl/N-ethyl adjacent to an activating group) is 2. The van der Waals surface area contributed by atoms with Crippen molar-refractivity contribution >= 4 is 23.4 Å². The molecule has 1 aliphatic rings. The Morgan fingerprint density at radius 3 is 2.81 bits per heavy atom. The van der Waals surface area contributed by atoms with Gasteiger partial charge in [0.15, 0.2) is 0 Å². The molecular formula is C15H27ClN4S. The molecule has 1 aromatic rings. The lowest BCUT2D eigenvalue weighted by Crippen LogP contribution is -2.53. The Morgan fingerprint density at radius 2 is 2.24 bits per heavy atom. The van der Waals surface area contributed by atoms with E-state index in [1.807, 2.05) is 11.8 Å². The Labute approximate surface area is 137 Å². The van der Waals surface area contributed by atoms with Crippen molar-refractivity contribution in [1.29, 1.82) is 0 Å². The average Bonchev–Trinajstić information content (AvgIpc) is 2.81. The van der Waals surface area contributed by atoms with Crippen LogP contribution < -0.4 is 5.32 Å². The minimum atomic E-state index is 0.409. The van der Waals surface area contributed by atoms with E-state index in [-0.39, 0.29) is 0 Å². The van der Waals surface area contributed by atoms with Gasteiger partial charge in [-0.3, -0.25) is 4.68 Å². The van der Waals surface area contributed by atoms with E-state index < -0.39 is 0 Å². The van der Waals surface area contributed by atoms with Crippen LogP contribution in [0.5, 0.6) is 0 Å². The Balaban J connectivity index is 2.19. The van der Waals surface area contributed by atoms with Gasteiger partial charge in [0, 0.05) is 43.1 Å². The van der Waals surface area contributed by atoms with E-state index in [0.29, 0.717) is 12.1 Å². The molecule has 21 heavy (non-hydrogen) atoms. The third-order valence-electron chi connectivity index (χ3n) is 4.39. The van der Waals surface area contributed by atoms with Crippen molar-refractivity contribution < 1.29 is 0 Å². The molecule has 0 radical (unpaired) electrons. The van der Waals surface area contributed by atoms with Gasteiger partial charge in [0.25, 0.3) is 0 Å². The fourth-order valence-electron chi connectivity index (χ4n) is 2.98. The van der Waals surface area contributed by atoms with Gasteiger partial charge in [0.05, 0.1) is 16.4 Å². The average molecular weight is 331 g/mol. The molecule has 2 heterocycles. The molecule has 4 nitrogen and oxygen atoms in total.